The quantitative estimate of drug-likeness (QED) is 0.700. The normalized spacial score (nSPS) is 15.9. The summed E-state index contributed by atoms with van der Waals surface area (Å²) in [4.78, 5) is 27.5. The third kappa shape index (κ3) is 4.23. The number of hydrogen-bond acceptors (Lipinski definition) is 5. The molecular weight excluding hydrogens is 322 g/mol. The third-order valence-corrected chi connectivity index (χ3v) is 3.90. The van der Waals surface area contributed by atoms with Gasteiger partial charge in [0.15, 0.2) is 0 Å². The molecule has 3 rings (SSSR count). The summed E-state index contributed by atoms with van der Waals surface area (Å²) in [6.07, 6.45) is 6.02. The van der Waals surface area contributed by atoms with Crippen LogP contribution < -0.4 is 16.1 Å². The van der Waals surface area contributed by atoms with Gasteiger partial charge in [-0.1, -0.05) is 6.07 Å². The first-order chi connectivity index (χ1) is 12.1. The van der Waals surface area contributed by atoms with Crippen molar-refractivity contribution in [1.82, 2.24) is 15.7 Å². The Balaban J connectivity index is 1.49. The highest BCUT2D eigenvalue weighted by Gasteiger charge is 2.19. The van der Waals surface area contributed by atoms with Crippen LogP contribution in [0.4, 0.5) is 10.5 Å². The molecule has 0 saturated heterocycles. The Bertz CT molecular complexity index is 786. The fraction of sp³-hybridized carbons (Fsp3) is 0.294. The molecule has 0 saturated carbocycles. The summed E-state index contributed by atoms with van der Waals surface area (Å²) < 4.78 is 5.31. The second kappa shape index (κ2) is 7.61. The van der Waals surface area contributed by atoms with E-state index in [9.17, 15) is 9.59 Å². The summed E-state index contributed by atoms with van der Waals surface area (Å²) in [7, 11) is 0. The first-order valence-electron chi connectivity index (χ1n) is 8.02. The number of hydrogen-bond donors (Lipinski definition) is 3. The van der Waals surface area contributed by atoms with Crippen LogP contribution in [-0.4, -0.2) is 29.7 Å². The second-order valence-corrected chi connectivity index (χ2v) is 5.75. The summed E-state index contributed by atoms with van der Waals surface area (Å²) in [6, 6.07) is 5.24. The van der Waals surface area contributed by atoms with E-state index in [0.29, 0.717) is 31.0 Å². The highest BCUT2D eigenvalue weighted by molar-refractivity contribution is 5.97. The van der Waals surface area contributed by atoms with Crippen LogP contribution in [0.15, 0.2) is 40.2 Å². The third-order valence-electron chi connectivity index (χ3n) is 3.90. The van der Waals surface area contributed by atoms with Crippen LogP contribution in [0.2, 0.25) is 0 Å². The molecule has 0 radical (unpaired) electrons. The molecule has 0 aliphatic carbocycles. The minimum Gasteiger partial charge on any atom is -0.445 e. The number of carbonyl (C=O) groups is 2. The van der Waals surface area contributed by atoms with Crippen molar-refractivity contribution >= 4 is 23.8 Å². The molecule has 1 aliphatic heterocycles. The van der Waals surface area contributed by atoms with Crippen LogP contribution >= 0.6 is 0 Å². The Morgan fingerprint density at radius 3 is 3.00 bits per heavy atom. The van der Waals surface area contributed by atoms with Gasteiger partial charge in [-0.15, -0.1) is 0 Å². The molecule has 8 nitrogen and oxygen atoms in total. The lowest BCUT2D eigenvalue weighted by Gasteiger charge is -2.10. The van der Waals surface area contributed by atoms with Gasteiger partial charge >= 0.3 is 6.03 Å². The number of amides is 3. The molecule has 2 heterocycles. The number of nitrogens with zero attached hydrogens (tertiary/aromatic N) is 2. The number of aromatic nitrogens is 1. The maximum absolute atomic E-state index is 12.0. The molecule has 0 spiro atoms. The molecule has 3 amide bonds. The fourth-order valence-corrected chi connectivity index (χ4v) is 2.53. The van der Waals surface area contributed by atoms with Crippen molar-refractivity contribution in [1.29, 1.82) is 0 Å². The first kappa shape index (κ1) is 16.7. The number of rotatable bonds is 6. The van der Waals surface area contributed by atoms with Crippen molar-refractivity contribution in [2.45, 2.75) is 19.8 Å². The number of anilines is 1. The van der Waals surface area contributed by atoms with Gasteiger partial charge in [0.05, 0.1) is 12.1 Å². The highest BCUT2D eigenvalue weighted by atomic mass is 16.3. The van der Waals surface area contributed by atoms with E-state index in [1.807, 2.05) is 25.1 Å². The SMILES string of the molecule is Cc1ccc(NC(=O)NCCCC2C=NNC2=O)cc1-c1ncco1. The Hall–Kier alpha value is -3.16. The average molecular weight is 341 g/mol. The molecule has 25 heavy (non-hydrogen) atoms. The molecule has 8 heteroatoms. The summed E-state index contributed by atoms with van der Waals surface area (Å²) in [6.45, 7) is 2.42. The minimum atomic E-state index is -0.299. The van der Waals surface area contributed by atoms with Crippen molar-refractivity contribution in [3.8, 4) is 11.5 Å². The lowest BCUT2D eigenvalue weighted by atomic mass is 10.1. The van der Waals surface area contributed by atoms with Crippen LogP contribution in [0.1, 0.15) is 18.4 Å². The van der Waals surface area contributed by atoms with Gasteiger partial charge in [-0.2, -0.15) is 5.10 Å². The fourth-order valence-electron chi connectivity index (χ4n) is 2.53. The van der Waals surface area contributed by atoms with Crippen molar-refractivity contribution < 1.29 is 14.0 Å². The van der Waals surface area contributed by atoms with Crippen LogP contribution in [0.3, 0.4) is 0 Å². The Labute approximate surface area is 144 Å². The summed E-state index contributed by atoms with van der Waals surface area (Å²) in [5.74, 6) is 0.214. The molecule has 1 unspecified atom stereocenters. The maximum Gasteiger partial charge on any atom is 0.319 e. The van der Waals surface area contributed by atoms with E-state index < -0.39 is 0 Å². The molecule has 3 N–H and O–H groups in total. The van der Waals surface area contributed by atoms with Gasteiger partial charge in [0.1, 0.15) is 6.26 Å². The number of hydrazone groups is 1. The van der Waals surface area contributed by atoms with E-state index >= 15 is 0 Å². The van der Waals surface area contributed by atoms with Gasteiger partial charge in [0.25, 0.3) is 0 Å². The van der Waals surface area contributed by atoms with Crippen LogP contribution in [0, 0.1) is 12.8 Å². The first-order valence-corrected chi connectivity index (χ1v) is 8.02. The summed E-state index contributed by atoms with van der Waals surface area (Å²) in [5, 5.41) is 9.27. The lowest BCUT2D eigenvalue weighted by molar-refractivity contribution is -0.122. The molecule has 1 aromatic heterocycles. The van der Waals surface area contributed by atoms with Gasteiger partial charge in [-0.3, -0.25) is 4.79 Å². The van der Waals surface area contributed by atoms with Crippen LogP contribution in [0.5, 0.6) is 0 Å². The molecule has 0 bridgehead atoms. The Morgan fingerprint density at radius 1 is 1.40 bits per heavy atom. The monoisotopic (exact) mass is 341 g/mol. The van der Waals surface area contributed by atoms with Crippen molar-refractivity contribution in [3.63, 3.8) is 0 Å². The van der Waals surface area contributed by atoms with Gasteiger partial charge in [0, 0.05) is 24.0 Å². The minimum absolute atomic E-state index is 0.0943. The van der Waals surface area contributed by atoms with Gasteiger partial charge in [-0.05, 0) is 37.5 Å². The Morgan fingerprint density at radius 2 is 2.28 bits per heavy atom. The molecule has 1 atom stereocenters. The number of oxazole rings is 1. The van der Waals surface area contributed by atoms with Gasteiger partial charge in [-0.25, -0.2) is 15.2 Å². The number of urea groups is 1. The van der Waals surface area contributed by atoms with E-state index in [-0.39, 0.29) is 17.9 Å². The van der Waals surface area contributed by atoms with E-state index in [1.54, 1.807) is 12.4 Å². The van der Waals surface area contributed by atoms with Crippen LogP contribution in [-0.2, 0) is 4.79 Å². The number of aryl methyl sites for hydroxylation is 1. The van der Waals surface area contributed by atoms with Gasteiger partial charge in [0.2, 0.25) is 11.8 Å². The zero-order valence-corrected chi connectivity index (χ0v) is 13.8. The van der Waals surface area contributed by atoms with Crippen molar-refractivity contribution in [2.24, 2.45) is 11.0 Å². The molecule has 1 aromatic carbocycles. The largest absolute Gasteiger partial charge is 0.445 e. The number of carbonyl (C=O) groups excluding carboxylic acids is 2. The molecule has 0 fully saturated rings. The predicted octanol–water partition coefficient (Wildman–Crippen LogP) is 2.28. The number of nitrogens with one attached hydrogen (secondary N) is 3. The molecule has 2 aromatic rings. The van der Waals surface area contributed by atoms with E-state index in [1.165, 1.54) is 6.26 Å². The standard InChI is InChI=1S/C17H19N5O3/c1-11-4-5-13(9-14(11)16-18-7-8-25-16)21-17(24)19-6-2-3-12-10-20-22-15(12)23/h4-5,7-10,12H,2-3,6H2,1H3,(H,22,23)(H2,19,21,24). The zero-order valence-electron chi connectivity index (χ0n) is 13.8. The number of benzene rings is 1. The van der Waals surface area contributed by atoms with Crippen molar-refractivity contribution in [2.75, 3.05) is 11.9 Å². The lowest BCUT2D eigenvalue weighted by Crippen LogP contribution is -2.30. The molecular formula is C17H19N5O3. The smallest absolute Gasteiger partial charge is 0.319 e. The summed E-state index contributed by atoms with van der Waals surface area (Å²) in [5.41, 5.74) is 4.88. The highest BCUT2D eigenvalue weighted by Crippen LogP contribution is 2.25. The van der Waals surface area contributed by atoms with Crippen molar-refractivity contribution in [3.05, 3.63) is 36.2 Å². The maximum atomic E-state index is 12.0. The van der Waals surface area contributed by atoms with Gasteiger partial charge < -0.3 is 15.1 Å². The Kier molecular flexibility index (Phi) is 5.08. The predicted molar refractivity (Wildman–Crippen MR) is 93.1 cm³/mol. The molecule has 1 aliphatic rings. The molecule has 130 valence electrons. The second-order valence-electron chi connectivity index (χ2n) is 5.75. The zero-order chi connectivity index (χ0) is 17.6. The topological polar surface area (TPSA) is 109 Å². The van der Waals surface area contributed by atoms with Crippen LogP contribution in [0.25, 0.3) is 11.5 Å². The van der Waals surface area contributed by atoms with E-state index in [0.717, 1.165) is 11.1 Å². The summed E-state index contributed by atoms with van der Waals surface area (Å²) >= 11 is 0. The average Bonchev–Trinajstić information content (AvgIpc) is 3.25. The van der Waals surface area contributed by atoms with E-state index in [2.05, 4.69) is 26.1 Å². The van der Waals surface area contributed by atoms with E-state index in [4.69, 9.17) is 4.42 Å².